The third-order valence-electron chi connectivity index (χ3n) is 6.98. The largest absolute Gasteiger partial charge is 0.497 e. The highest BCUT2D eigenvalue weighted by Gasteiger charge is 2.43. The molecular formula is C30H33N3O6S. The molecule has 0 saturated carbocycles. The number of aliphatic imine (C=N–C) groups is 1. The lowest BCUT2D eigenvalue weighted by Crippen LogP contribution is -2.39. The number of hydrogen-bond acceptors (Lipinski definition) is 9. The Bertz CT molecular complexity index is 1350. The molecule has 0 aliphatic carbocycles. The summed E-state index contributed by atoms with van der Waals surface area (Å²) >= 11 is 1.42. The van der Waals surface area contributed by atoms with E-state index in [0.717, 1.165) is 36.3 Å². The first kappa shape index (κ1) is 27.8. The molecule has 1 N–H and O–H groups in total. The van der Waals surface area contributed by atoms with E-state index in [-0.39, 0.29) is 25.0 Å². The molecule has 1 amide bonds. The summed E-state index contributed by atoms with van der Waals surface area (Å²) < 4.78 is 22.5. The van der Waals surface area contributed by atoms with E-state index in [1.165, 1.54) is 11.8 Å². The van der Waals surface area contributed by atoms with Gasteiger partial charge in [-0.2, -0.15) is 0 Å². The van der Waals surface area contributed by atoms with Crippen molar-refractivity contribution in [2.24, 2.45) is 4.99 Å². The van der Waals surface area contributed by atoms with Crippen molar-refractivity contribution in [3.05, 3.63) is 76.3 Å². The summed E-state index contributed by atoms with van der Waals surface area (Å²) in [5, 5.41) is 5.59. The number of amides is 1. The third-order valence-corrected chi connectivity index (χ3v) is 7.87. The number of carbonyl (C=O) groups excluding carboxylic acids is 2. The van der Waals surface area contributed by atoms with Gasteiger partial charge in [-0.05, 0) is 37.3 Å². The average Bonchev–Trinajstić information content (AvgIpc) is 3.65. The molecule has 1 saturated heterocycles. The summed E-state index contributed by atoms with van der Waals surface area (Å²) in [6.07, 6.45) is 2.11. The van der Waals surface area contributed by atoms with Crippen molar-refractivity contribution in [3.8, 4) is 11.5 Å². The number of hydrogen-bond donors (Lipinski definition) is 1. The molecule has 10 heteroatoms. The van der Waals surface area contributed by atoms with Gasteiger partial charge in [0.05, 0.1) is 50.7 Å². The molecule has 3 heterocycles. The Morgan fingerprint density at radius 2 is 1.98 bits per heavy atom. The normalized spacial score (nSPS) is 20.0. The van der Waals surface area contributed by atoms with Crippen molar-refractivity contribution >= 4 is 34.5 Å². The van der Waals surface area contributed by atoms with Gasteiger partial charge in [0.1, 0.15) is 11.5 Å². The van der Waals surface area contributed by atoms with Crippen LogP contribution in [0.2, 0.25) is 0 Å². The fourth-order valence-electron chi connectivity index (χ4n) is 5.09. The van der Waals surface area contributed by atoms with Crippen LogP contribution in [0, 0.1) is 0 Å². The van der Waals surface area contributed by atoms with Crippen molar-refractivity contribution < 1.29 is 28.5 Å². The van der Waals surface area contributed by atoms with Gasteiger partial charge < -0.3 is 29.2 Å². The fourth-order valence-corrected chi connectivity index (χ4v) is 6.01. The molecule has 3 aliphatic heterocycles. The van der Waals surface area contributed by atoms with Crippen molar-refractivity contribution in [1.29, 1.82) is 0 Å². The van der Waals surface area contributed by atoms with E-state index in [4.69, 9.17) is 23.9 Å². The zero-order chi connectivity index (χ0) is 28.1. The lowest BCUT2D eigenvalue weighted by Gasteiger charge is -2.37. The van der Waals surface area contributed by atoms with Crippen molar-refractivity contribution in [3.63, 3.8) is 0 Å². The van der Waals surface area contributed by atoms with Gasteiger partial charge in [0.25, 0.3) is 0 Å². The second-order valence-electron chi connectivity index (χ2n) is 9.47. The third kappa shape index (κ3) is 5.73. The average molecular weight is 564 g/mol. The monoisotopic (exact) mass is 563 g/mol. The SMILES string of the molecule is CCOC(=O)C1=C(c2ccccc2)N=C2SC=C(CC(=O)NC[C@@H]3CCCO3)N2[C@H]1c1ccc(OC)cc1OC. The molecule has 0 bridgehead atoms. The van der Waals surface area contributed by atoms with Gasteiger partial charge in [0.2, 0.25) is 5.91 Å². The smallest absolute Gasteiger partial charge is 0.338 e. The number of carbonyl (C=O) groups is 2. The van der Waals surface area contributed by atoms with Gasteiger partial charge in [-0.15, -0.1) is 0 Å². The highest BCUT2D eigenvalue weighted by atomic mass is 32.2. The van der Waals surface area contributed by atoms with Gasteiger partial charge in [-0.1, -0.05) is 42.1 Å². The highest BCUT2D eigenvalue weighted by Crippen LogP contribution is 2.49. The van der Waals surface area contributed by atoms with Crippen LogP contribution in [0.1, 0.15) is 43.4 Å². The number of methoxy groups -OCH3 is 2. The number of nitrogens with one attached hydrogen (secondary N) is 1. The molecule has 40 heavy (non-hydrogen) atoms. The van der Waals surface area contributed by atoms with Gasteiger partial charge in [0.15, 0.2) is 5.17 Å². The first-order valence-corrected chi connectivity index (χ1v) is 14.2. The van der Waals surface area contributed by atoms with Crippen LogP contribution in [0.4, 0.5) is 0 Å². The van der Waals surface area contributed by atoms with E-state index >= 15 is 0 Å². The van der Waals surface area contributed by atoms with Crippen LogP contribution in [0.3, 0.4) is 0 Å². The van der Waals surface area contributed by atoms with Crippen molar-refractivity contribution in [1.82, 2.24) is 10.2 Å². The quantitative estimate of drug-likeness (QED) is 0.417. The molecule has 1 fully saturated rings. The van der Waals surface area contributed by atoms with Crippen LogP contribution in [0.25, 0.3) is 5.70 Å². The number of ether oxygens (including phenoxy) is 4. The Hall–Kier alpha value is -3.76. The number of nitrogens with zero attached hydrogens (tertiary/aromatic N) is 2. The molecule has 0 aromatic heterocycles. The molecule has 210 valence electrons. The number of amidine groups is 1. The van der Waals surface area contributed by atoms with Crippen molar-refractivity contribution in [2.75, 3.05) is 34.0 Å². The van der Waals surface area contributed by atoms with Gasteiger partial charge in [-0.25, -0.2) is 9.79 Å². The van der Waals surface area contributed by atoms with Gasteiger partial charge in [-0.3, -0.25) is 4.79 Å². The maximum Gasteiger partial charge on any atom is 0.338 e. The molecule has 0 unspecified atom stereocenters. The Kier molecular flexibility index (Phi) is 8.76. The van der Waals surface area contributed by atoms with Crippen LogP contribution in [0.5, 0.6) is 11.5 Å². The van der Waals surface area contributed by atoms with E-state index in [9.17, 15) is 9.59 Å². The minimum absolute atomic E-state index is 0.0473. The molecule has 0 spiro atoms. The van der Waals surface area contributed by atoms with E-state index in [1.54, 1.807) is 27.2 Å². The highest BCUT2D eigenvalue weighted by molar-refractivity contribution is 8.16. The summed E-state index contributed by atoms with van der Waals surface area (Å²) in [5.74, 6) is 0.555. The Labute approximate surface area is 238 Å². The van der Waals surface area contributed by atoms with E-state index < -0.39 is 12.0 Å². The number of fused-ring (bicyclic) bond motifs is 1. The van der Waals surface area contributed by atoms with Crippen LogP contribution in [-0.2, 0) is 19.1 Å². The van der Waals surface area contributed by atoms with E-state index in [0.29, 0.717) is 34.5 Å². The van der Waals surface area contributed by atoms with Crippen molar-refractivity contribution in [2.45, 2.75) is 38.3 Å². The lowest BCUT2D eigenvalue weighted by molar-refractivity contribution is -0.139. The second kappa shape index (κ2) is 12.6. The minimum Gasteiger partial charge on any atom is -0.497 e. The summed E-state index contributed by atoms with van der Waals surface area (Å²) in [7, 11) is 3.17. The summed E-state index contributed by atoms with van der Waals surface area (Å²) in [6, 6.07) is 14.4. The molecule has 0 radical (unpaired) electrons. The van der Waals surface area contributed by atoms with Crippen LogP contribution in [0.15, 0.2) is 70.2 Å². The zero-order valence-electron chi connectivity index (χ0n) is 22.8. The number of thioether (sulfide) groups is 1. The lowest BCUT2D eigenvalue weighted by atomic mass is 9.90. The van der Waals surface area contributed by atoms with Crippen LogP contribution in [-0.4, -0.2) is 62.0 Å². The predicted octanol–water partition coefficient (Wildman–Crippen LogP) is 4.66. The summed E-state index contributed by atoms with van der Waals surface area (Å²) in [5.41, 5.74) is 3.14. The number of rotatable bonds is 10. The van der Waals surface area contributed by atoms with E-state index in [1.807, 2.05) is 52.8 Å². The molecule has 2 aromatic carbocycles. The fraction of sp³-hybridized carbons (Fsp3) is 0.367. The Balaban J connectivity index is 1.58. The Morgan fingerprint density at radius 1 is 1.15 bits per heavy atom. The maximum atomic E-state index is 13.7. The second-order valence-corrected chi connectivity index (χ2v) is 10.3. The maximum absolute atomic E-state index is 13.7. The molecule has 3 aliphatic rings. The predicted molar refractivity (Wildman–Crippen MR) is 154 cm³/mol. The number of esters is 1. The van der Waals surface area contributed by atoms with E-state index in [2.05, 4.69) is 5.32 Å². The molecule has 2 atom stereocenters. The Morgan fingerprint density at radius 3 is 2.67 bits per heavy atom. The first-order valence-electron chi connectivity index (χ1n) is 13.3. The van der Waals surface area contributed by atoms with Gasteiger partial charge >= 0.3 is 5.97 Å². The molecular weight excluding hydrogens is 530 g/mol. The van der Waals surface area contributed by atoms with Crippen LogP contribution < -0.4 is 14.8 Å². The first-order chi connectivity index (χ1) is 19.5. The summed E-state index contributed by atoms with van der Waals surface area (Å²) in [6.45, 7) is 3.18. The van der Waals surface area contributed by atoms with Crippen LogP contribution >= 0.6 is 11.8 Å². The zero-order valence-corrected chi connectivity index (χ0v) is 23.7. The number of benzene rings is 2. The van der Waals surface area contributed by atoms with Gasteiger partial charge in [0, 0.05) is 36.0 Å². The topological polar surface area (TPSA) is 98.7 Å². The molecule has 2 aromatic rings. The minimum atomic E-state index is -0.658. The molecule has 9 nitrogen and oxygen atoms in total. The molecule has 5 rings (SSSR count). The standard InChI is InChI=1S/C30H33N3O6S/c1-4-38-29(35)26-27(19-9-6-5-7-10-19)32-30-33(28(26)23-13-12-21(36-2)16-24(23)37-3)20(18-40-30)15-25(34)31-17-22-11-8-14-39-22/h5-7,9-10,12-13,16,18,22,28H,4,8,11,14-15,17H2,1-3H3,(H,31,34)/t22-,28-/m0/s1. The summed E-state index contributed by atoms with van der Waals surface area (Å²) in [4.78, 5) is 33.6.